The van der Waals surface area contributed by atoms with Gasteiger partial charge in [0, 0.05) is 6.42 Å². The Bertz CT molecular complexity index is 344. The lowest BCUT2D eigenvalue weighted by atomic mass is 10.1. The average Bonchev–Trinajstić information content (AvgIpc) is 2.66. The highest BCUT2D eigenvalue weighted by Gasteiger charge is 2.17. The molecule has 0 aliphatic carbocycles. The first-order valence-electron chi connectivity index (χ1n) is 5.13. The molecule has 4 heteroatoms. The number of aromatic nitrogens is 2. The van der Waals surface area contributed by atoms with E-state index in [-0.39, 0.29) is 11.7 Å². The van der Waals surface area contributed by atoms with Crippen molar-refractivity contribution in [1.82, 2.24) is 9.59 Å². The van der Waals surface area contributed by atoms with Crippen LogP contribution in [0.3, 0.4) is 0 Å². The summed E-state index contributed by atoms with van der Waals surface area (Å²) in [5.41, 5.74) is 0.837. The molecule has 0 aliphatic heterocycles. The van der Waals surface area contributed by atoms with E-state index in [4.69, 9.17) is 0 Å². The van der Waals surface area contributed by atoms with Crippen LogP contribution in [-0.2, 0) is 0 Å². The Hall–Kier alpha value is -1.03. The van der Waals surface area contributed by atoms with E-state index in [2.05, 4.69) is 16.2 Å². The van der Waals surface area contributed by atoms with Crippen LogP contribution in [0.15, 0.2) is 12.7 Å². The molecule has 0 aliphatic rings. The number of nitrogens with zero attached hydrogens (tertiary/aromatic N) is 2. The third-order valence-corrected chi connectivity index (χ3v) is 2.91. The Morgan fingerprint density at radius 1 is 1.60 bits per heavy atom. The molecule has 0 fully saturated rings. The number of rotatable bonds is 6. The van der Waals surface area contributed by atoms with Gasteiger partial charge >= 0.3 is 0 Å². The van der Waals surface area contributed by atoms with E-state index in [0.29, 0.717) is 6.42 Å². The van der Waals surface area contributed by atoms with Crippen LogP contribution in [0.4, 0.5) is 0 Å². The monoisotopic (exact) mass is 224 g/mol. The summed E-state index contributed by atoms with van der Waals surface area (Å²) >= 11 is 1.21. The van der Waals surface area contributed by atoms with Gasteiger partial charge < -0.3 is 0 Å². The number of hydrogen-bond acceptors (Lipinski definition) is 4. The number of ketones is 1. The van der Waals surface area contributed by atoms with Gasteiger partial charge in [0.25, 0.3) is 0 Å². The maximum Gasteiger partial charge on any atom is 0.176 e. The normalized spacial score (nSPS) is 10.6. The van der Waals surface area contributed by atoms with Gasteiger partial charge in [-0.1, -0.05) is 24.4 Å². The van der Waals surface area contributed by atoms with Crippen molar-refractivity contribution in [2.24, 2.45) is 0 Å². The van der Waals surface area contributed by atoms with Gasteiger partial charge in [-0.2, -0.15) is 0 Å². The summed E-state index contributed by atoms with van der Waals surface area (Å²) in [5, 5.41) is 3.99. The quantitative estimate of drug-likeness (QED) is 0.423. The molecule has 0 amide bonds. The predicted molar refractivity (Wildman–Crippen MR) is 62.4 cm³/mol. The number of hydrogen-bond donors (Lipinski definition) is 0. The van der Waals surface area contributed by atoms with Crippen LogP contribution in [0.5, 0.6) is 0 Å². The highest BCUT2D eigenvalue weighted by Crippen LogP contribution is 2.21. The van der Waals surface area contributed by atoms with Gasteiger partial charge in [-0.15, -0.1) is 11.7 Å². The fourth-order valence-electron chi connectivity index (χ4n) is 1.29. The lowest BCUT2D eigenvalue weighted by Crippen LogP contribution is -2.02. The Morgan fingerprint density at radius 2 is 2.33 bits per heavy atom. The third-order valence-electron chi connectivity index (χ3n) is 2.13. The molecule has 0 spiro atoms. The fraction of sp³-hybridized carbons (Fsp3) is 0.545. The molecule has 15 heavy (non-hydrogen) atoms. The summed E-state index contributed by atoms with van der Waals surface area (Å²) < 4.78 is 3.84. The molecule has 1 aromatic heterocycles. The van der Waals surface area contributed by atoms with Crippen LogP contribution < -0.4 is 0 Å². The van der Waals surface area contributed by atoms with Crippen molar-refractivity contribution in [1.29, 1.82) is 0 Å². The van der Waals surface area contributed by atoms with Crippen molar-refractivity contribution >= 4 is 17.3 Å². The van der Waals surface area contributed by atoms with Crippen molar-refractivity contribution in [3.05, 3.63) is 23.2 Å². The van der Waals surface area contributed by atoms with E-state index in [9.17, 15) is 4.79 Å². The van der Waals surface area contributed by atoms with Crippen molar-refractivity contribution in [2.45, 2.75) is 39.0 Å². The highest BCUT2D eigenvalue weighted by atomic mass is 32.1. The summed E-state index contributed by atoms with van der Waals surface area (Å²) in [5.74, 6) is 0.428. The Labute approximate surface area is 94.4 Å². The highest BCUT2D eigenvalue weighted by molar-refractivity contribution is 7.08. The first-order valence-corrected chi connectivity index (χ1v) is 5.90. The Balaban J connectivity index is 2.65. The molecule has 0 atom stereocenters. The summed E-state index contributed by atoms with van der Waals surface area (Å²) in [6.45, 7) is 7.68. The van der Waals surface area contributed by atoms with Crippen molar-refractivity contribution in [2.75, 3.05) is 0 Å². The third kappa shape index (κ3) is 3.23. The molecule has 1 rings (SSSR count). The van der Waals surface area contributed by atoms with Crippen LogP contribution in [0.25, 0.3) is 0 Å². The van der Waals surface area contributed by atoms with E-state index >= 15 is 0 Å². The zero-order valence-electron chi connectivity index (χ0n) is 9.19. The van der Waals surface area contributed by atoms with E-state index in [0.717, 1.165) is 23.4 Å². The zero-order chi connectivity index (χ0) is 11.3. The number of Topliss-reactive ketones (excluding diaryl/α,β-unsaturated/α-hetero) is 1. The number of allylic oxidation sites excluding steroid dienone is 1. The molecule has 1 aromatic rings. The number of carbonyl (C=O) groups is 1. The summed E-state index contributed by atoms with van der Waals surface area (Å²) in [6, 6.07) is 0. The predicted octanol–water partition coefficient (Wildman–Crippen LogP) is 3.20. The standard InChI is InChI=1S/C11H16N2OS/c1-4-5-6-7-9(14)11-10(8(2)3)12-13-15-11/h4,8H,1,5-7H2,2-3H3. The van der Waals surface area contributed by atoms with Gasteiger partial charge in [-0.05, 0) is 30.3 Å². The second-order valence-electron chi connectivity index (χ2n) is 3.75. The van der Waals surface area contributed by atoms with Gasteiger partial charge in [0.05, 0.1) is 5.69 Å². The van der Waals surface area contributed by atoms with Gasteiger partial charge in [0.2, 0.25) is 0 Å². The maximum atomic E-state index is 11.8. The second kappa shape index (κ2) is 5.75. The summed E-state index contributed by atoms with van der Waals surface area (Å²) in [7, 11) is 0. The maximum absolute atomic E-state index is 11.8. The van der Waals surface area contributed by atoms with Gasteiger partial charge in [0.1, 0.15) is 4.88 Å². The molecule has 0 unspecified atom stereocenters. The molecule has 0 saturated carbocycles. The minimum atomic E-state index is 0.163. The average molecular weight is 224 g/mol. The molecule has 0 radical (unpaired) electrons. The lowest BCUT2D eigenvalue weighted by molar-refractivity contribution is 0.0983. The molecule has 0 N–H and O–H groups in total. The molecular weight excluding hydrogens is 208 g/mol. The van der Waals surface area contributed by atoms with Crippen LogP contribution in [0.1, 0.15) is 54.4 Å². The van der Waals surface area contributed by atoms with Crippen LogP contribution in [0.2, 0.25) is 0 Å². The second-order valence-corrected chi connectivity index (χ2v) is 4.50. The smallest absolute Gasteiger partial charge is 0.176 e. The van der Waals surface area contributed by atoms with E-state index in [1.54, 1.807) is 0 Å². The number of unbranched alkanes of at least 4 members (excludes halogenated alkanes) is 1. The summed E-state index contributed by atoms with van der Waals surface area (Å²) in [6.07, 6.45) is 4.14. The lowest BCUT2D eigenvalue weighted by Gasteiger charge is -2.02. The first kappa shape index (κ1) is 12.0. The van der Waals surface area contributed by atoms with Crippen LogP contribution in [0, 0.1) is 0 Å². The Kier molecular flexibility index (Phi) is 4.62. The number of carbonyl (C=O) groups excluding carboxylic acids is 1. The minimum absolute atomic E-state index is 0.163. The largest absolute Gasteiger partial charge is 0.293 e. The van der Waals surface area contributed by atoms with E-state index in [1.165, 1.54) is 11.5 Å². The topological polar surface area (TPSA) is 42.9 Å². The SMILES string of the molecule is C=CCCCC(=O)c1snnc1C(C)C. The summed E-state index contributed by atoms with van der Waals surface area (Å²) in [4.78, 5) is 12.5. The molecule has 0 saturated heterocycles. The Morgan fingerprint density at radius 3 is 2.93 bits per heavy atom. The minimum Gasteiger partial charge on any atom is -0.293 e. The fourth-order valence-corrected chi connectivity index (χ4v) is 2.07. The zero-order valence-corrected chi connectivity index (χ0v) is 10.0. The van der Waals surface area contributed by atoms with Crippen molar-refractivity contribution in [3.63, 3.8) is 0 Å². The molecular formula is C11H16N2OS. The van der Waals surface area contributed by atoms with Gasteiger partial charge in [0.15, 0.2) is 5.78 Å². The molecule has 82 valence electrons. The van der Waals surface area contributed by atoms with E-state index < -0.39 is 0 Å². The van der Waals surface area contributed by atoms with Gasteiger partial charge in [-0.3, -0.25) is 4.79 Å². The molecule has 0 bridgehead atoms. The van der Waals surface area contributed by atoms with Crippen molar-refractivity contribution in [3.8, 4) is 0 Å². The van der Waals surface area contributed by atoms with Gasteiger partial charge in [-0.25, -0.2) is 0 Å². The first-order chi connectivity index (χ1) is 7.16. The van der Waals surface area contributed by atoms with Crippen LogP contribution in [-0.4, -0.2) is 15.4 Å². The van der Waals surface area contributed by atoms with E-state index in [1.807, 2.05) is 19.9 Å². The van der Waals surface area contributed by atoms with Crippen molar-refractivity contribution < 1.29 is 4.79 Å². The van der Waals surface area contributed by atoms with Crippen LogP contribution >= 0.6 is 11.5 Å². The molecule has 0 aromatic carbocycles. The molecule has 1 heterocycles. The molecule has 3 nitrogen and oxygen atoms in total.